The number of nitrogens with zero attached hydrogens (tertiary/aromatic N) is 4. The van der Waals surface area contributed by atoms with Gasteiger partial charge in [-0.05, 0) is 56.0 Å². The van der Waals surface area contributed by atoms with Crippen LogP contribution in [0.2, 0.25) is 0 Å². The van der Waals surface area contributed by atoms with Crippen LogP contribution in [-0.2, 0) is 16.0 Å². The number of carbonyl (C=O) groups excluding carboxylic acids is 2. The van der Waals surface area contributed by atoms with Gasteiger partial charge in [-0.15, -0.1) is 0 Å². The number of benzene rings is 1. The average molecular weight is 448 g/mol. The first-order valence-electron chi connectivity index (χ1n) is 11.0. The van der Waals surface area contributed by atoms with Crippen LogP contribution in [-0.4, -0.2) is 33.0 Å². The Bertz CT molecular complexity index is 1260. The predicted octanol–water partition coefficient (Wildman–Crippen LogP) is 2.78. The molecule has 3 aromatic rings. The predicted molar refractivity (Wildman–Crippen MR) is 118 cm³/mol. The molecule has 8 heteroatoms. The summed E-state index contributed by atoms with van der Waals surface area (Å²) >= 11 is 0. The zero-order valence-electron chi connectivity index (χ0n) is 18.8. The van der Waals surface area contributed by atoms with Gasteiger partial charge in [0.1, 0.15) is 11.4 Å². The molecule has 0 saturated heterocycles. The van der Waals surface area contributed by atoms with E-state index < -0.39 is 23.5 Å². The van der Waals surface area contributed by atoms with Crippen LogP contribution < -0.4 is 9.67 Å². The van der Waals surface area contributed by atoms with Crippen molar-refractivity contribution in [1.82, 2.24) is 14.7 Å². The Morgan fingerprint density at radius 1 is 1.06 bits per heavy atom. The van der Waals surface area contributed by atoms with Gasteiger partial charge in [0.25, 0.3) is 11.6 Å². The van der Waals surface area contributed by atoms with Gasteiger partial charge in [0.15, 0.2) is 12.4 Å². The van der Waals surface area contributed by atoms with E-state index >= 15 is 0 Å². The Hall–Kier alpha value is -3.81. The molecule has 0 atom stereocenters. The van der Waals surface area contributed by atoms with E-state index in [1.54, 1.807) is 23.0 Å². The van der Waals surface area contributed by atoms with Gasteiger partial charge in [0, 0.05) is 23.7 Å². The van der Waals surface area contributed by atoms with Crippen molar-refractivity contribution in [3.63, 3.8) is 0 Å². The lowest BCUT2D eigenvalue weighted by atomic mass is 10.0. The zero-order chi connectivity index (χ0) is 23.7. The van der Waals surface area contributed by atoms with Gasteiger partial charge in [-0.25, -0.2) is 9.07 Å². The van der Waals surface area contributed by atoms with Crippen molar-refractivity contribution in [2.45, 2.75) is 40.0 Å². The van der Waals surface area contributed by atoms with Gasteiger partial charge in [-0.3, -0.25) is 14.5 Å². The Morgan fingerprint density at radius 3 is 2.42 bits per heavy atom. The highest BCUT2D eigenvalue weighted by Crippen LogP contribution is 2.37. The minimum Gasteiger partial charge on any atom is -0.858 e. The SMILES string of the molecule is CCCc1nn(-c2ccc(F)cc2)c([O-])c1C1=C([n+]2cccc(C)c2)C(=O)N(CCC)C1=O. The second-order valence-electron chi connectivity index (χ2n) is 8.04. The normalized spacial score (nSPS) is 14.0. The molecule has 0 fully saturated rings. The maximum absolute atomic E-state index is 13.6. The third-order valence-corrected chi connectivity index (χ3v) is 5.52. The standard InChI is InChI=1S/C25H25FN4O3/c1-4-7-19-20(24(32)30(27-19)18-11-9-17(26)10-12-18)21-22(28-14-6-8-16(3)15-28)25(33)29(13-5-2)23(21)31/h6,8-12,14-15H,4-5,7,13H2,1-3H3. The molecule has 0 unspecified atom stereocenters. The molecule has 0 radical (unpaired) electrons. The van der Waals surface area contributed by atoms with Crippen LogP contribution >= 0.6 is 0 Å². The maximum Gasteiger partial charge on any atom is 0.326 e. The van der Waals surface area contributed by atoms with Crippen molar-refractivity contribution in [1.29, 1.82) is 0 Å². The summed E-state index contributed by atoms with van der Waals surface area (Å²) in [6, 6.07) is 9.08. The van der Waals surface area contributed by atoms with Crippen LogP contribution in [0.25, 0.3) is 17.0 Å². The number of amides is 2. The van der Waals surface area contributed by atoms with Gasteiger partial charge in [-0.2, -0.15) is 9.67 Å². The highest BCUT2D eigenvalue weighted by molar-refractivity contribution is 6.44. The summed E-state index contributed by atoms with van der Waals surface area (Å²) in [6.45, 7) is 5.96. The smallest absolute Gasteiger partial charge is 0.326 e. The first-order chi connectivity index (χ1) is 15.9. The second-order valence-corrected chi connectivity index (χ2v) is 8.04. The van der Waals surface area contributed by atoms with Crippen LogP contribution in [0.5, 0.6) is 5.88 Å². The topological polar surface area (TPSA) is 82.1 Å². The van der Waals surface area contributed by atoms with Crippen LogP contribution in [0.3, 0.4) is 0 Å². The first-order valence-corrected chi connectivity index (χ1v) is 11.0. The van der Waals surface area contributed by atoms with Crippen LogP contribution in [0, 0.1) is 12.7 Å². The fourth-order valence-corrected chi connectivity index (χ4v) is 4.05. The number of rotatable bonds is 7. The fourth-order valence-electron chi connectivity index (χ4n) is 4.05. The quantitative estimate of drug-likeness (QED) is 0.411. The number of pyridine rings is 1. The third kappa shape index (κ3) is 3.92. The monoisotopic (exact) mass is 448 g/mol. The van der Waals surface area contributed by atoms with Crippen LogP contribution in [0.4, 0.5) is 4.39 Å². The van der Waals surface area contributed by atoms with Gasteiger partial charge in [-0.1, -0.05) is 20.3 Å². The van der Waals surface area contributed by atoms with E-state index in [0.717, 1.165) is 5.56 Å². The van der Waals surface area contributed by atoms with Crippen LogP contribution in [0.15, 0.2) is 48.8 Å². The van der Waals surface area contributed by atoms with Crippen molar-refractivity contribution in [3.05, 3.63) is 71.4 Å². The van der Waals surface area contributed by atoms with Crippen molar-refractivity contribution < 1.29 is 23.7 Å². The zero-order valence-corrected chi connectivity index (χ0v) is 18.8. The van der Waals surface area contributed by atoms with Gasteiger partial charge >= 0.3 is 5.91 Å². The molecule has 1 aliphatic heterocycles. The second kappa shape index (κ2) is 8.97. The summed E-state index contributed by atoms with van der Waals surface area (Å²) in [5, 5.41) is 18.1. The number of aromatic nitrogens is 3. The molecule has 1 aromatic carbocycles. The van der Waals surface area contributed by atoms with Crippen molar-refractivity contribution in [2.24, 2.45) is 0 Å². The third-order valence-electron chi connectivity index (χ3n) is 5.52. The minimum absolute atomic E-state index is 0.0610. The summed E-state index contributed by atoms with van der Waals surface area (Å²) in [5.41, 5.74) is 2.06. The van der Waals surface area contributed by atoms with E-state index in [-0.39, 0.29) is 23.4 Å². The number of carbonyl (C=O) groups is 2. The highest BCUT2D eigenvalue weighted by Gasteiger charge is 2.46. The molecule has 0 N–H and O–H groups in total. The Morgan fingerprint density at radius 2 is 1.79 bits per heavy atom. The van der Waals surface area contributed by atoms with E-state index in [2.05, 4.69) is 5.10 Å². The Kier molecular flexibility index (Phi) is 6.09. The molecule has 0 bridgehead atoms. The molecule has 7 nitrogen and oxygen atoms in total. The Labute approximate surface area is 191 Å². The van der Waals surface area contributed by atoms with Gasteiger partial charge in [0.2, 0.25) is 0 Å². The summed E-state index contributed by atoms with van der Waals surface area (Å²) in [7, 11) is 0. The highest BCUT2D eigenvalue weighted by atomic mass is 19.1. The van der Waals surface area contributed by atoms with E-state index in [1.807, 2.05) is 26.8 Å². The summed E-state index contributed by atoms with van der Waals surface area (Å²) in [6.07, 6.45) is 5.18. The minimum atomic E-state index is -0.509. The molecule has 4 rings (SSSR count). The molecule has 170 valence electrons. The number of halogens is 1. The van der Waals surface area contributed by atoms with E-state index in [9.17, 15) is 19.1 Å². The summed E-state index contributed by atoms with van der Waals surface area (Å²) in [5.74, 6) is -1.88. The lowest BCUT2D eigenvalue weighted by Crippen LogP contribution is -2.40. The summed E-state index contributed by atoms with van der Waals surface area (Å²) < 4.78 is 16.2. The van der Waals surface area contributed by atoms with Crippen molar-refractivity contribution >= 4 is 23.1 Å². The largest absolute Gasteiger partial charge is 0.858 e. The number of hydrogen-bond acceptors (Lipinski definition) is 4. The fraction of sp³-hybridized carbons (Fsp3) is 0.280. The molecule has 0 spiro atoms. The molecule has 3 heterocycles. The molecule has 0 aliphatic carbocycles. The van der Waals surface area contributed by atoms with Crippen molar-refractivity contribution in [3.8, 4) is 11.6 Å². The Balaban J connectivity index is 1.99. The number of imide groups is 1. The van der Waals surface area contributed by atoms with Gasteiger partial charge < -0.3 is 5.11 Å². The molecular formula is C25H25FN4O3. The molecule has 0 saturated carbocycles. The van der Waals surface area contributed by atoms with E-state index in [4.69, 9.17) is 0 Å². The van der Waals surface area contributed by atoms with Crippen LogP contribution in [0.1, 0.15) is 43.5 Å². The molecular weight excluding hydrogens is 423 g/mol. The number of hydrogen-bond donors (Lipinski definition) is 0. The van der Waals surface area contributed by atoms with Crippen molar-refractivity contribution in [2.75, 3.05) is 6.54 Å². The average Bonchev–Trinajstić information content (AvgIpc) is 3.23. The first kappa shape index (κ1) is 22.4. The lowest BCUT2D eigenvalue weighted by Gasteiger charge is -2.15. The molecule has 33 heavy (non-hydrogen) atoms. The van der Waals surface area contributed by atoms with Gasteiger partial charge in [0.05, 0.1) is 11.4 Å². The maximum atomic E-state index is 13.6. The van der Waals surface area contributed by atoms with E-state index in [0.29, 0.717) is 30.6 Å². The molecule has 2 amide bonds. The summed E-state index contributed by atoms with van der Waals surface area (Å²) in [4.78, 5) is 28.0. The number of aryl methyl sites for hydroxylation is 2. The van der Waals surface area contributed by atoms with E-state index in [1.165, 1.54) is 33.8 Å². The lowest BCUT2D eigenvalue weighted by molar-refractivity contribution is -0.577. The molecule has 1 aliphatic rings. The molecule has 2 aromatic heterocycles.